The smallest absolute Gasteiger partial charge is 0.244 e. The Morgan fingerprint density at radius 3 is 2.03 bits per heavy atom. The minimum absolute atomic E-state index is 0.00737. The minimum Gasteiger partial charge on any atom is -0.352 e. The first-order valence-corrected chi connectivity index (χ1v) is 14.6. The van der Waals surface area contributed by atoms with Crippen LogP contribution in [0.25, 0.3) is 0 Å². The van der Waals surface area contributed by atoms with Gasteiger partial charge in [0.05, 0.1) is 11.9 Å². The Hall–Kier alpha value is -3.72. The van der Waals surface area contributed by atoms with E-state index in [0.29, 0.717) is 11.3 Å². The third kappa shape index (κ3) is 8.64. The van der Waals surface area contributed by atoms with Crippen molar-refractivity contribution in [2.45, 2.75) is 52.7 Å². The van der Waals surface area contributed by atoms with Gasteiger partial charge in [0.25, 0.3) is 0 Å². The molecule has 3 rings (SSSR count). The van der Waals surface area contributed by atoms with Crippen LogP contribution in [0.1, 0.15) is 36.1 Å². The molecule has 0 aliphatic carbocycles. The SMILES string of the molecule is Cc1cc(C)cc(N(CC(=O)N(Cc2ccc(F)cc2)C(Cc2ccccc2)C(=O)NC(C)C)S(C)(=O)=O)c1. The molecule has 0 aliphatic rings. The lowest BCUT2D eigenvalue weighted by Gasteiger charge is -2.34. The van der Waals surface area contributed by atoms with Crippen LogP contribution in [-0.2, 0) is 32.6 Å². The van der Waals surface area contributed by atoms with Gasteiger partial charge in [-0.2, -0.15) is 0 Å². The van der Waals surface area contributed by atoms with Gasteiger partial charge in [0, 0.05) is 19.0 Å². The second kappa shape index (κ2) is 12.9. The monoisotopic (exact) mass is 553 g/mol. The predicted molar refractivity (Wildman–Crippen MR) is 152 cm³/mol. The Morgan fingerprint density at radius 1 is 0.897 bits per heavy atom. The number of aryl methyl sites for hydroxylation is 2. The van der Waals surface area contributed by atoms with Gasteiger partial charge in [0.2, 0.25) is 21.8 Å². The summed E-state index contributed by atoms with van der Waals surface area (Å²) in [6.07, 6.45) is 1.27. The van der Waals surface area contributed by atoms with Gasteiger partial charge in [-0.05, 0) is 74.2 Å². The second-order valence-electron chi connectivity index (χ2n) is 10.1. The van der Waals surface area contributed by atoms with Gasteiger partial charge in [0.15, 0.2) is 0 Å². The summed E-state index contributed by atoms with van der Waals surface area (Å²) in [4.78, 5) is 28.9. The molecule has 0 spiro atoms. The maximum Gasteiger partial charge on any atom is 0.244 e. The largest absolute Gasteiger partial charge is 0.352 e. The van der Waals surface area contributed by atoms with E-state index in [2.05, 4.69) is 5.32 Å². The van der Waals surface area contributed by atoms with Crippen molar-refractivity contribution in [2.75, 3.05) is 17.1 Å². The van der Waals surface area contributed by atoms with Gasteiger partial charge in [-0.1, -0.05) is 48.5 Å². The van der Waals surface area contributed by atoms with E-state index in [9.17, 15) is 22.4 Å². The van der Waals surface area contributed by atoms with Gasteiger partial charge >= 0.3 is 0 Å². The normalized spacial score (nSPS) is 12.2. The quantitative estimate of drug-likeness (QED) is 0.382. The number of hydrogen-bond acceptors (Lipinski definition) is 4. The van der Waals surface area contributed by atoms with Crippen molar-refractivity contribution in [3.63, 3.8) is 0 Å². The molecule has 3 aromatic carbocycles. The summed E-state index contributed by atoms with van der Waals surface area (Å²) in [5.74, 6) is -1.33. The van der Waals surface area contributed by atoms with Crippen LogP contribution in [0, 0.1) is 19.7 Å². The van der Waals surface area contributed by atoms with Crippen molar-refractivity contribution in [2.24, 2.45) is 0 Å². The fourth-order valence-electron chi connectivity index (χ4n) is 4.43. The molecule has 0 aliphatic heterocycles. The Labute approximate surface area is 230 Å². The molecular weight excluding hydrogens is 517 g/mol. The molecule has 2 amide bonds. The minimum atomic E-state index is -3.85. The molecule has 9 heteroatoms. The summed E-state index contributed by atoms with van der Waals surface area (Å²) >= 11 is 0. The highest BCUT2D eigenvalue weighted by atomic mass is 32.2. The van der Waals surface area contributed by atoms with Crippen LogP contribution in [0.15, 0.2) is 72.8 Å². The average Bonchev–Trinajstić information content (AvgIpc) is 2.84. The number of amides is 2. The second-order valence-corrected chi connectivity index (χ2v) is 12.0. The van der Waals surface area contributed by atoms with E-state index in [1.54, 1.807) is 24.3 Å². The number of hydrogen-bond donors (Lipinski definition) is 1. The topological polar surface area (TPSA) is 86.8 Å². The van der Waals surface area contributed by atoms with E-state index in [0.717, 1.165) is 27.3 Å². The van der Waals surface area contributed by atoms with Crippen molar-refractivity contribution in [3.05, 3.63) is 101 Å². The molecule has 39 heavy (non-hydrogen) atoms. The third-order valence-electron chi connectivity index (χ3n) is 6.14. The Balaban J connectivity index is 2.06. The number of benzene rings is 3. The van der Waals surface area contributed by atoms with E-state index >= 15 is 0 Å². The Morgan fingerprint density at radius 2 is 1.49 bits per heavy atom. The molecule has 0 saturated heterocycles. The first-order chi connectivity index (χ1) is 18.3. The number of rotatable bonds is 11. The standard InChI is InChI=1S/C30H36FN3O4S/c1-21(2)32-30(36)28(18-24-9-7-6-8-10-24)33(19-25-11-13-26(31)14-12-25)29(35)20-34(39(5,37)38)27-16-22(3)15-23(4)17-27/h6-17,21,28H,18-20H2,1-5H3,(H,32,36). The summed E-state index contributed by atoms with van der Waals surface area (Å²) in [5.41, 5.74) is 3.53. The number of anilines is 1. The van der Waals surface area contributed by atoms with Crippen molar-refractivity contribution in [3.8, 4) is 0 Å². The van der Waals surface area contributed by atoms with Gasteiger partial charge in [-0.3, -0.25) is 13.9 Å². The maximum atomic E-state index is 14.0. The first kappa shape index (κ1) is 29.8. The molecule has 0 bridgehead atoms. The van der Waals surface area contributed by atoms with E-state index in [4.69, 9.17) is 0 Å². The summed E-state index contributed by atoms with van der Waals surface area (Å²) in [5, 5.41) is 2.90. The number of nitrogens with zero attached hydrogens (tertiary/aromatic N) is 2. The zero-order chi connectivity index (χ0) is 28.7. The van der Waals surface area contributed by atoms with Crippen molar-refractivity contribution < 1.29 is 22.4 Å². The van der Waals surface area contributed by atoms with Crippen LogP contribution < -0.4 is 9.62 Å². The van der Waals surface area contributed by atoms with Gasteiger partial charge < -0.3 is 10.2 Å². The fraction of sp³-hybridized carbons (Fsp3) is 0.333. The number of carbonyl (C=O) groups excluding carboxylic acids is 2. The van der Waals surface area contributed by atoms with Crippen LogP contribution in [-0.4, -0.2) is 50.0 Å². The Kier molecular flexibility index (Phi) is 9.86. The van der Waals surface area contributed by atoms with Gasteiger partial charge in [0.1, 0.15) is 18.4 Å². The molecule has 0 heterocycles. The van der Waals surface area contributed by atoms with E-state index in [1.807, 2.05) is 64.1 Å². The predicted octanol–water partition coefficient (Wildman–Crippen LogP) is 4.37. The van der Waals surface area contributed by atoms with Crippen LogP contribution in [0.2, 0.25) is 0 Å². The highest BCUT2D eigenvalue weighted by molar-refractivity contribution is 7.92. The third-order valence-corrected chi connectivity index (χ3v) is 7.28. The molecule has 3 aromatic rings. The maximum absolute atomic E-state index is 14.0. The van der Waals surface area contributed by atoms with E-state index < -0.39 is 34.3 Å². The summed E-state index contributed by atoms with van der Waals surface area (Å²) < 4.78 is 40.5. The number of sulfonamides is 1. The molecule has 1 atom stereocenters. The van der Waals surface area contributed by atoms with Crippen molar-refractivity contribution >= 4 is 27.5 Å². The molecule has 1 N–H and O–H groups in total. The summed E-state index contributed by atoms with van der Waals surface area (Å²) in [6.45, 7) is 6.86. The van der Waals surface area contributed by atoms with Crippen LogP contribution in [0.4, 0.5) is 10.1 Å². The number of carbonyl (C=O) groups is 2. The van der Waals surface area contributed by atoms with Gasteiger partial charge in [-0.25, -0.2) is 12.8 Å². The molecule has 7 nitrogen and oxygen atoms in total. The lowest BCUT2D eigenvalue weighted by molar-refractivity contribution is -0.140. The van der Waals surface area contributed by atoms with Crippen LogP contribution in [0.3, 0.4) is 0 Å². The Bertz CT molecular complexity index is 1370. The van der Waals surface area contributed by atoms with E-state index in [1.165, 1.54) is 17.0 Å². The average molecular weight is 554 g/mol. The highest BCUT2D eigenvalue weighted by Crippen LogP contribution is 2.23. The molecular formula is C30H36FN3O4S. The number of halogens is 1. The van der Waals surface area contributed by atoms with Crippen molar-refractivity contribution in [1.29, 1.82) is 0 Å². The highest BCUT2D eigenvalue weighted by Gasteiger charge is 2.33. The zero-order valence-electron chi connectivity index (χ0n) is 23.0. The zero-order valence-corrected chi connectivity index (χ0v) is 23.8. The molecule has 208 valence electrons. The van der Waals surface area contributed by atoms with Gasteiger partial charge in [-0.15, -0.1) is 0 Å². The molecule has 0 fully saturated rings. The molecule has 0 aromatic heterocycles. The lowest BCUT2D eigenvalue weighted by Crippen LogP contribution is -2.54. The van der Waals surface area contributed by atoms with Crippen molar-refractivity contribution in [1.82, 2.24) is 10.2 Å². The lowest BCUT2D eigenvalue weighted by atomic mass is 10.0. The molecule has 0 radical (unpaired) electrons. The van der Waals surface area contributed by atoms with Crippen LogP contribution >= 0.6 is 0 Å². The summed E-state index contributed by atoms with van der Waals surface area (Å²) in [7, 11) is -3.85. The summed E-state index contributed by atoms with van der Waals surface area (Å²) in [6, 6.07) is 19.2. The fourth-order valence-corrected chi connectivity index (χ4v) is 5.26. The molecule has 0 saturated carbocycles. The van der Waals surface area contributed by atoms with E-state index in [-0.39, 0.29) is 24.9 Å². The number of nitrogens with one attached hydrogen (secondary N) is 1. The first-order valence-electron chi connectivity index (χ1n) is 12.8. The molecule has 1 unspecified atom stereocenters. The van der Waals surface area contributed by atoms with Crippen LogP contribution in [0.5, 0.6) is 0 Å².